The zero-order chi connectivity index (χ0) is 20.4. The number of methoxy groups -OCH3 is 1. The van der Waals surface area contributed by atoms with Gasteiger partial charge in [-0.15, -0.1) is 0 Å². The SMILES string of the molecule is COCCC(=O)n1cc(-c2c[nH]c3ncc(-c4ccc(N(C)C)cc4)cc23)cn1. The summed E-state index contributed by atoms with van der Waals surface area (Å²) < 4.78 is 6.33. The van der Waals surface area contributed by atoms with Crippen molar-refractivity contribution < 1.29 is 9.53 Å². The minimum absolute atomic E-state index is 0.0993. The van der Waals surface area contributed by atoms with Gasteiger partial charge in [0.05, 0.1) is 19.2 Å². The highest BCUT2D eigenvalue weighted by Gasteiger charge is 2.13. The van der Waals surface area contributed by atoms with Crippen LogP contribution in [-0.2, 0) is 4.74 Å². The smallest absolute Gasteiger partial charge is 0.249 e. The quantitative estimate of drug-likeness (QED) is 0.542. The Balaban J connectivity index is 1.67. The summed E-state index contributed by atoms with van der Waals surface area (Å²) in [6.07, 6.45) is 7.51. The van der Waals surface area contributed by atoms with Gasteiger partial charge >= 0.3 is 0 Å². The van der Waals surface area contributed by atoms with E-state index >= 15 is 0 Å². The molecule has 0 spiro atoms. The van der Waals surface area contributed by atoms with Crippen LogP contribution in [0.4, 0.5) is 5.69 Å². The molecule has 4 rings (SSSR count). The van der Waals surface area contributed by atoms with Crippen molar-refractivity contribution in [2.75, 3.05) is 32.7 Å². The number of rotatable bonds is 6. The maximum absolute atomic E-state index is 12.2. The molecule has 0 aliphatic rings. The van der Waals surface area contributed by atoms with E-state index in [9.17, 15) is 4.79 Å². The van der Waals surface area contributed by atoms with Gasteiger partial charge in [-0.05, 0) is 23.8 Å². The largest absolute Gasteiger partial charge is 0.384 e. The Labute approximate surface area is 168 Å². The van der Waals surface area contributed by atoms with Crippen LogP contribution in [0.15, 0.2) is 55.1 Å². The van der Waals surface area contributed by atoms with E-state index in [0.717, 1.165) is 39.0 Å². The number of aromatic nitrogens is 4. The van der Waals surface area contributed by atoms with Gasteiger partial charge in [0, 0.05) is 67.6 Å². The number of anilines is 1. The van der Waals surface area contributed by atoms with E-state index in [1.807, 2.05) is 26.5 Å². The molecule has 0 aliphatic carbocycles. The summed E-state index contributed by atoms with van der Waals surface area (Å²) in [5.74, 6) is -0.0993. The molecule has 0 bridgehead atoms. The number of carbonyl (C=O) groups excluding carboxylic acids is 1. The standard InChI is InChI=1S/C22H23N5O2/c1-26(2)18-6-4-15(5-7-18)16-10-19-20(13-24-22(19)23-11-16)17-12-25-27(14-17)21(28)8-9-29-3/h4-7,10-14H,8-9H2,1-3H3,(H,23,24). The molecule has 7 nitrogen and oxygen atoms in total. The number of hydrogen-bond acceptors (Lipinski definition) is 5. The summed E-state index contributed by atoms with van der Waals surface area (Å²) in [6, 6.07) is 10.5. The molecule has 0 amide bonds. The van der Waals surface area contributed by atoms with Crippen molar-refractivity contribution in [2.45, 2.75) is 6.42 Å². The van der Waals surface area contributed by atoms with Crippen LogP contribution in [-0.4, -0.2) is 53.5 Å². The van der Waals surface area contributed by atoms with Crippen molar-refractivity contribution in [3.63, 3.8) is 0 Å². The number of nitrogens with zero attached hydrogens (tertiary/aromatic N) is 4. The monoisotopic (exact) mass is 389 g/mol. The molecule has 0 radical (unpaired) electrons. The Morgan fingerprint density at radius 3 is 2.66 bits per heavy atom. The number of ether oxygens (including phenoxy) is 1. The van der Waals surface area contributed by atoms with Gasteiger partial charge in [-0.25, -0.2) is 9.67 Å². The van der Waals surface area contributed by atoms with Gasteiger partial charge in [0.1, 0.15) is 5.65 Å². The lowest BCUT2D eigenvalue weighted by Crippen LogP contribution is -2.12. The topological polar surface area (TPSA) is 76.0 Å². The Morgan fingerprint density at radius 2 is 1.93 bits per heavy atom. The minimum atomic E-state index is -0.0993. The van der Waals surface area contributed by atoms with Crippen LogP contribution < -0.4 is 4.90 Å². The van der Waals surface area contributed by atoms with E-state index in [1.54, 1.807) is 19.5 Å². The highest BCUT2D eigenvalue weighted by molar-refractivity contribution is 5.96. The molecule has 0 saturated carbocycles. The number of benzene rings is 1. The second-order valence-electron chi connectivity index (χ2n) is 7.07. The normalized spacial score (nSPS) is 11.1. The summed E-state index contributed by atoms with van der Waals surface area (Å²) in [5, 5.41) is 5.20. The first-order valence-electron chi connectivity index (χ1n) is 9.39. The summed E-state index contributed by atoms with van der Waals surface area (Å²) in [7, 11) is 5.62. The molecule has 0 saturated heterocycles. The average Bonchev–Trinajstić information content (AvgIpc) is 3.38. The maximum Gasteiger partial charge on any atom is 0.249 e. The average molecular weight is 389 g/mol. The first-order valence-corrected chi connectivity index (χ1v) is 9.39. The summed E-state index contributed by atoms with van der Waals surface area (Å²) in [5.41, 5.74) is 5.91. The molecular formula is C22H23N5O2. The minimum Gasteiger partial charge on any atom is -0.384 e. The highest BCUT2D eigenvalue weighted by atomic mass is 16.5. The van der Waals surface area contributed by atoms with Gasteiger partial charge in [-0.2, -0.15) is 5.10 Å². The fourth-order valence-electron chi connectivity index (χ4n) is 3.25. The van der Waals surface area contributed by atoms with Crippen LogP contribution in [0.3, 0.4) is 0 Å². The number of aromatic amines is 1. The molecular weight excluding hydrogens is 366 g/mol. The van der Waals surface area contributed by atoms with Crippen molar-refractivity contribution in [3.8, 4) is 22.3 Å². The lowest BCUT2D eigenvalue weighted by molar-refractivity contribution is 0.0835. The Kier molecular flexibility index (Phi) is 5.14. The first-order chi connectivity index (χ1) is 14.1. The molecule has 148 valence electrons. The van der Waals surface area contributed by atoms with Gasteiger partial charge in [0.2, 0.25) is 5.91 Å². The second kappa shape index (κ2) is 7.89. The summed E-state index contributed by atoms with van der Waals surface area (Å²) in [6.45, 7) is 0.376. The van der Waals surface area contributed by atoms with E-state index in [0.29, 0.717) is 13.0 Å². The number of pyridine rings is 1. The van der Waals surface area contributed by atoms with Crippen molar-refractivity contribution in [1.82, 2.24) is 19.7 Å². The van der Waals surface area contributed by atoms with Crippen molar-refractivity contribution in [1.29, 1.82) is 0 Å². The van der Waals surface area contributed by atoms with Crippen LogP contribution in [0.1, 0.15) is 11.2 Å². The maximum atomic E-state index is 12.2. The molecule has 29 heavy (non-hydrogen) atoms. The van der Waals surface area contributed by atoms with Crippen LogP contribution in [0.2, 0.25) is 0 Å². The number of nitrogens with one attached hydrogen (secondary N) is 1. The zero-order valence-corrected chi connectivity index (χ0v) is 16.7. The third-order valence-electron chi connectivity index (χ3n) is 4.92. The highest BCUT2D eigenvalue weighted by Crippen LogP contribution is 2.31. The van der Waals surface area contributed by atoms with Crippen molar-refractivity contribution in [3.05, 3.63) is 55.1 Å². The molecule has 0 atom stereocenters. The van der Waals surface area contributed by atoms with E-state index in [-0.39, 0.29) is 5.91 Å². The fourth-order valence-corrected chi connectivity index (χ4v) is 3.25. The van der Waals surface area contributed by atoms with Crippen LogP contribution in [0.5, 0.6) is 0 Å². The number of hydrogen-bond donors (Lipinski definition) is 1. The van der Waals surface area contributed by atoms with Crippen molar-refractivity contribution >= 4 is 22.6 Å². The van der Waals surface area contributed by atoms with Crippen molar-refractivity contribution in [2.24, 2.45) is 0 Å². The molecule has 4 aromatic rings. The summed E-state index contributed by atoms with van der Waals surface area (Å²) >= 11 is 0. The van der Waals surface area contributed by atoms with E-state index in [4.69, 9.17) is 4.74 Å². The molecule has 3 heterocycles. The lowest BCUT2D eigenvalue weighted by atomic mass is 10.0. The van der Waals surface area contributed by atoms with E-state index in [2.05, 4.69) is 50.3 Å². The number of H-pyrrole nitrogens is 1. The molecule has 3 aromatic heterocycles. The van der Waals surface area contributed by atoms with Gasteiger partial charge < -0.3 is 14.6 Å². The lowest BCUT2D eigenvalue weighted by Gasteiger charge is -2.12. The molecule has 0 unspecified atom stereocenters. The predicted octanol–water partition coefficient (Wildman–Crippen LogP) is 3.84. The van der Waals surface area contributed by atoms with E-state index in [1.165, 1.54) is 4.68 Å². The molecule has 7 heteroatoms. The molecule has 0 aliphatic heterocycles. The van der Waals surface area contributed by atoms with Crippen LogP contribution in [0, 0.1) is 0 Å². The van der Waals surface area contributed by atoms with Crippen LogP contribution in [0.25, 0.3) is 33.3 Å². The summed E-state index contributed by atoms with van der Waals surface area (Å²) in [4.78, 5) is 22.0. The molecule has 0 fully saturated rings. The third-order valence-corrected chi connectivity index (χ3v) is 4.92. The Bertz CT molecular complexity index is 1140. The Hall–Kier alpha value is -3.45. The van der Waals surface area contributed by atoms with Gasteiger partial charge in [0.15, 0.2) is 0 Å². The van der Waals surface area contributed by atoms with Crippen LogP contribution >= 0.6 is 0 Å². The predicted molar refractivity (Wildman–Crippen MR) is 114 cm³/mol. The molecule has 1 N–H and O–H groups in total. The zero-order valence-electron chi connectivity index (χ0n) is 16.7. The second-order valence-corrected chi connectivity index (χ2v) is 7.07. The fraction of sp³-hybridized carbons (Fsp3) is 0.227. The van der Waals surface area contributed by atoms with E-state index < -0.39 is 0 Å². The first kappa shape index (κ1) is 18.9. The number of carbonyl (C=O) groups is 1. The number of fused-ring (bicyclic) bond motifs is 1. The van der Waals surface area contributed by atoms with Gasteiger partial charge in [0.25, 0.3) is 0 Å². The third kappa shape index (κ3) is 3.77. The Morgan fingerprint density at radius 1 is 1.14 bits per heavy atom. The van der Waals surface area contributed by atoms with Gasteiger partial charge in [-0.3, -0.25) is 4.79 Å². The molecule has 1 aromatic carbocycles. The van der Waals surface area contributed by atoms with Gasteiger partial charge in [-0.1, -0.05) is 12.1 Å².